The van der Waals surface area contributed by atoms with Crippen LogP contribution in [0.1, 0.15) is 25.5 Å². The van der Waals surface area contributed by atoms with Gasteiger partial charge < -0.3 is 4.74 Å². The molecular formula is C17H18O2S. The van der Waals surface area contributed by atoms with Crippen LogP contribution in [0.4, 0.5) is 0 Å². The third-order valence-corrected chi connectivity index (χ3v) is 4.08. The summed E-state index contributed by atoms with van der Waals surface area (Å²) in [5.74, 6) is -0.251. The number of ether oxygens (including phenoxy) is 1. The number of hydrogen-bond acceptors (Lipinski definition) is 3. The lowest BCUT2D eigenvalue weighted by molar-refractivity contribution is -0.146. The van der Waals surface area contributed by atoms with Crippen LogP contribution in [0.2, 0.25) is 0 Å². The normalized spacial score (nSPS) is 13.5. The van der Waals surface area contributed by atoms with E-state index >= 15 is 0 Å². The summed E-state index contributed by atoms with van der Waals surface area (Å²) in [6.45, 7) is 3.54. The van der Waals surface area contributed by atoms with Crippen LogP contribution < -0.4 is 0 Å². The highest BCUT2D eigenvalue weighted by molar-refractivity contribution is 8.00. The second kappa shape index (κ2) is 7.15. The largest absolute Gasteiger partial charge is 0.456 e. The van der Waals surface area contributed by atoms with Crippen LogP contribution in [0.5, 0.6) is 0 Å². The van der Waals surface area contributed by atoms with Crippen molar-refractivity contribution in [3.05, 3.63) is 66.2 Å². The predicted molar refractivity (Wildman–Crippen MR) is 82.7 cm³/mol. The molecule has 0 saturated carbocycles. The standard InChI is InChI=1S/C17H18O2S/c1-13(20-16-11-7-4-8-12-16)17(19-14(2)18)15-9-5-3-6-10-15/h3-13,17H,1-2H3/t13-,17-/m0/s1. The van der Waals surface area contributed by atoms with E-state index in [0.29, 0.717) is 0 Å². The Labute approximate surface area is 124 Å². The fraction of sp³-hybridized carbons (Fsp3) is 0.235. The van der Waals surface area contributed by atoms with Gasteiger partial charge in [-0.05, 0) is 24.6 Å². The highest BCUT2D eigenvalue weighted by Crippen LogP contribution is 2.34. The zero-order valence-corrected chi connectivity index (χ0v) is 12.5. The van der Waals surface area contributed by atoms with Crippen molar-refractivity contribution in [2.75, 3.05) is 0 Å². The van der Waals surface area contributed by atoms with E-state index in [1.54, 1.807) is 11.8 Å². The van der Waals surface area contributed by atoms with Crippen LogP contribution in [0.25, 0.3) is 0 Å². The maximum atomic E-state index is 11.4. The summed E-state index contributed by atoms with van der Waals surface area (Å²) < 4.78 is 5.51. The molecule has 0 aliphatic heterocycles. The Morgan fingerprint density at radius 2 is 1.55 bits per heavy atom. The zero-order chi connectivity index (χ0) is 14.4. The molecule has 2 aromatic rings. The lowest BCUT2D eigenvalue weighted by atomic mass is 10.1. The van der Waals surface area contributed by atoms with Gasteiger partial charge >= 0.3 is 5.97 Å². The number of thioether (sulfide) groups is 1. The lowest BCUT2D eigenvalue weighted by Crippen LogP contribution is -2.18. The summed E-state index contributed by atoms with van der Waals surface area (Å²) in [4.78, 5) is 12.5. The summed E-state index contributed by atoms with van der Waals surface area (Å²) in [6, 6.07) is 20.0. The summed E-state index contributed by atoms with van der Waals surface area (Å²) in [7, 11) is 0. The molecule has 0 heterocycles. The van der Waals surface area contributed by atoms with Gasteiger partial charge in [0.05, 0.1) is 0 Å². The molecule has 2 atom stereocenters. The highest BCUT2D eigenvalue weighted by Gasteiger charge is 2.23. The van der Waals surface area contributed by atoms with E-state index in [1.807, 2.05) is 48.5 Å². The molecule has 0 bridgehead atoms. The monoisotopic (exact) mass is 286 g/mol. The van der Waals surface area contributed by atoms with Crippen molar-refractivity contribution in [1.82, 2.24) is 0 Å². The van der Waals surface area contributed by atoms with E-state index in [-0.39, 0.29) is 17.3 Å². The summed E-state index contributed by atoms with van der Waals surface area (Å²) in [6.07, 6.45) is -0.237. The van der Waals surface area contributed by atoms with Crippen molar-refractivity contribution in [3.8, 4) is 0 Å². The van der Waals surface area contributed by atoms with Crippen LogP contribution in [0.15, 0.2) is 65.6 Å². The molecule has 0 aliphatic carbocycles. The number of carbonyl (C=O) groups excluding carboxylic acids is 1. The third kappa shape index (κ3) is 4.14. The van der Waals surface area contributed by atoms with Crippen molar-refractivity contribution in [2.24, 2.45) is 0 Å². The van der Waals surface area contributed by atoms with Gasteiger partial charge in [-0.1, -0.05) is 48.5 Å². The Bertz CT molecular complexity index is 539. The van der Waals surface area contributed by atoms with Crippen molar-refractivity contribution in [3.63, 3.8) is 0 Å². The maximum Gasteiger partial charge on any atom is 0.303 e. The van der Waals surface area contributed by atoms with Crippen LogP contribution in [-0.2, 0) is 9.53 Å². The van der Waals surface area contributed by atoms with Gasteiger partial charge in [0, 0.05) is 17.1 Å². The zero-order valence-electron chi connectivity index (χ0n) is 11.7. The first kappa shape index (κ1) is 14.7. The van der Waals surface area contributed by atoms with Crippen LogP contribution in [-0.4, -0.2) is 11.2 Å². The van der Waals surface area contributed by atoms with Gasteiger partial charge in [0.15, 0.2) is 0 Å². The number of benzene rings is 2. The van der Waals surface area contributed by atoms with Gasteiger partial charge in [0.2, 0.25) is 0 Å². The van der Waals surface area contributed by atoms with Crippen molar-refractivity contribution >= 4 is 17.7 Å². The van der Waals surface area contributed by atoms with Gasteiger partial charge in [-0.15, -0.1) is 11.8 Å². The Morgan fingerprint density at radius 3 is 2.10 bits per heavy atom. The quantitative estimate of drug-likeness (QED) is 0.599. The minimum Gasteiger partial charge on any atom is -0.456 e. The van der Waals surface area contributed by atoms with E-state index in [9.17, 15) is 4.79 Å². The molecule has 0 spiro atoms. The average molecular weight is 286 g/mol. The second-order valence-electron chi connectivity index (χ2n) is 4.58. The van der Waals surface area contributed by atoms with E-state index in [1.165, 1.54) is 11.8 Å². The minimum absolute atomic E-state index is 0.142. The lowest BCUT2D eigenvalue weighted by Gasteiger charge is -2.23. The number of esters is 1. The summed E-state index contributed by atoms with van der Waals surface area (Å²) in [5.41, 5.74) is 1.03. The van der Waals surface area contributed by atoms with Gasteiger partial charge in [-0.3, -0.25) is 4.79 Å². The van der Waals surface area contributed by atoms with E-state index < -0.39 is 0 Å². The van der Waals surface area contributed by atoms with Crippen molar-refractivity contribution in [2.45, 2.75) is 30.1 Å². The number of rotatable bonds is 5. The first-order chi connectivity index (χ1) is 9.66. The Kier molecular flexibility index (Phi) is 5.24. The van der Waals surface area contributed by atoms with E-state index in [0.717, 1.165) is 5.56 Å². The number of hydrogen-bond donors (Lipinski definition) is 0. The predicted octanol–water partition coefficient (Wildman–Crippen LogP) is 4.47. The molecule has 2 nitrogen and oxygen atoms in total. The molecule has 0 amide bonds. The molecule has 3 heteroatoms. The molecule has 0 fully saturated rings. The SMILES string of the molecule is CC(=O)O[C@H](c1ccccc1)[C@H](C)Sc1ccccc1. The van der Waals surface area contributed by atoms with Crippen molar-refractivity contribution < 1.29 is 9.53 Å². The average Bonchev–Trinajstić information content (AvgIpc) is 2.46. The van der Waals surface area contributed by atoms with Gasteiger partial charge in [0.1, 0.15) is 6.10 Å². The van der Waals surface area contributed by atoms with E-state index in [4.69, 9.17) is 4.74 Å². The fourth-order valence-electron chi connectivity index (χ4n) is 2.03. The number of carbonyl (C=O) groups is 1. The molecule has 0 N–H and O–H groups in total. The van der Waals surface area contributed by atoms with Gasteiger partial charge in [0.25, 0.3) is 0 Å². The molecule has 2 rings (SSSR count). The molecule has 20 heavy (non-hydrogen) atoms. The molecule has 0 aromatic heterocycles. The smallest absolute Gasteiger partial charge is 0.303 e. The first-order valence-electron chi connectivity index (χ1n) is 6.60. The molecule has 0 unspecified atom stereocenters. The summed E-state index contributed by atoms with van der Waals surface area (Å²) in [5, 5.41) is 0.142. The van der Waals surface area contributed by atoms with E-state index in [2.05, 4.69) is 19.1 Å². The molecular weight excluding hydrogens is 268 g/mol. The van der Waals surface area contributed by atoms with Crippen LogP contribution in [0, 0.1) is 0 Å². The molecule has 2 aromatic carbocycles. The molecule has 104 valence electrons. The van der Waals surface area contributed by atoms with Crippen LogP contribution >= 0.6 is 11.8 Å². The fourth-order valence-corrected chi connectivity index (χ4v) is 3.11. The molecule has 0 radical (unpaired) electrons. The molecule has 0 saturated heterocycles. The topological polar surface area (TPSA) is 26.3 Å². The Balaban J connectivity index is 2.16. The maximum absolute atomic E-state index is 11.4. The molecule has 0 aliphatic rings. The van der Waals surface area contributed by atoms with Gasteiger partial charge in [-0.25, -0.2) is 0 Å². The second-order valence-corrected chi connectivity index (χ2v) is 6.03. The summed E-state index contributed by atoms with van der Waals surface area (Å²) >= 11 is 1.71. The van der Waals surface area contributed by atoms with Crippen LogP contribution in [0.3, 0.4) is 0 Å². The van der Waals surface area contributed by atoms with Gasteiger partial charge in [-0.2, -0.15) is 0 Å². The van der Waals surface area contributed by atoms with Crippen molar-refractivity contribution in [1.29, 1.82) is 0 Å². The minimum atomic E-state index is -0.251. The highest BCUT2D eigenvalue weighted by atomic mass is 32.2. The Hall–Kier alpha value is -1.74. The third-order valence-electron chi connectivity index (χ3n) is 2.91. The Morgan fingerprint density at radius 1 is 1.00 bits per heavy atom. The first-order valence-corrected chi connectivity index (χ1v) is 7.48.